The van der Waals surface area contributed by atoms with E-state index >= 15 is 0 Å². The highest BCUT2D eigenvalue weighted by Crippen LogP contribution is 2.19. The van der Waals surface area contributed by atoms with Crippen LogP contribution in [0.15, 0.2) is 6.07 Å². The molecule has 1 heterocycles. The Hall–Kier alpha value is -1.58. The van der Waals surface area contributed by atoms with E-state index in [9.17, 15) is 9.59 Å². The molecule has 2 rings (SSSR count). The molecule has 0 radical (unpaired) electrons. The number of carbonyl (C=O) groups is 2. The molecule has 1 amide bonds. The second-order valence-corrected chi connectivity index (χ2v) is 4.37. The zero-order valence-electron chi connectivity index (χ0n) is 9.62. The van der Waals surface area contributed by atoms with Crippen LogP contribution in [0, 0.1) is 13.8 Å². The van der Waals surface area contributed by atoms with Gasteiger partial charge in [-0.05, 0) is 32.8 Å². The molecule has 1 fully saturated rings. The molecule has 86 valence electrons. The zero-order chi connectivity index (χ0) is 11.7. The molecule has 0 atom stereocenters. The minimum Gasteiger partial charge on any atom is -0.352 e. The summed E-state index contributed by atoms with van der Waals surface area (Å²) in [5, 5.41) is 2.94. The lowest BCUT2D eigenvalue weighted by molar-refractivity contribution is -0.121. The van der Waals surface area contributed by atoms with E-state index in [1.165, 1.54) is 0 Å². The molecule has 0 unspecified atom stereocenters. The molecule has 1 N–H and O–H groups in total. The highest BCUT2D eigenvalue weighted by atomic mass is 16.2. The van der Waals surface area contributed by atoms with Gasteiger partial charge in [-0.1, -0.05) is 0 Å². The Morgan fingerprint density at radius 2 is 2.25 bits per heavy atom. The van der Waals surface area contributed by atoms with Gasteiger partial charge in [0.1, 0.15) is 6.54 Å². The van der Waals surface area contributed by atoms with Gasteiger partial charge in [0.25, 0.3) is 0 Å². The van der Waals surface area contributed by atoms with Gasteiger partial charge in [0, 0.05) is 23.0 Å². The first-order chi connectivity index (χ1) is 7.61. The third-order valence-corrected chi connectivity index (χ3v) is 2.98. The van der Waals surface area contributed by atoms with Gasteiger partial charge in [-0.2, -0.15) is 0 Å². The minimum absolute atomic E-state index is 0.0294. The predicted octanol–water partition coefficient (Wildman–Crippen LogP) is 1.20. The number of nitrogens with one attached hydrogen (secondary N) is 1. The molecule has 0 aliphatic heterocycles. The summed E-state index contributed by atoms with van der Waals surface area (Å²) in [6.07, 6.45) is 3.02. The van der Waals surface area contributed by atoms with Gasteiger partial charge in [0.05, 0.1) is 0 Å². The number of carbonyl (C=O) groups excluding carboxylic acids is 2. The lowest BCUT2D eigenvalue weighted by atomic mass is 10.3. The number of amides is 1. The molecule has 0 spiro atoms. The Bertz CT molecular complexity index is 430. The summed E-state index contributed by atoms with van der Waals surface area (Å²) in [4.78, 5) is 22.4. The molecule has 1 aromatic rings. The molecule has 1 aliphatic rings. The van der Waals surface area contributed by atoms with Gasteiger partial charge in [0.2, 0.25) is 5.91 Å². The van der Waals surface area contributed by atoms with E-state index in [0.29, 0.717) is 18.2 Å². The number of aryl methyl sites for hydroxylation is 1. The summed E-state index contributed by atoms with van der Waals surface area (Å²) in [5.74, 6) is 0.0294. The van der Waals surface area contributed by atoms with Crippen LogP contribution >= 0.6 is 0 Å². The minimum atomic E-state index is 0.0294. The number of nitrogens with zero attached hydrogens (tertiary/aromatic N) is 1. The standard InChI is InChI=1S/C12H16N2O2/c1-8-5-10(7-15)9(2)14(8)6-12(16)13-11-3-4-11/h5,7,11H,3-4,6H2,1-2H3,(H,13,16). The summed E-state index contributed by atoms with van der Waals surface area (Å²) in [6.45, 7) is 4.08. The van der Waals surface area contributed by atoms with E-state index < -0.39 is 0 Å². The number of rotatable bonds is 4. The van der Waals surface area contributed by atoms with Crippen molar-refractivity contribution >= 4 is 12.2 Å². The van der Waals surface area contributed by atoms with Crippen LogP contribution in [0.3, 0.4) is 0 Å². The maximum absolute atomic E-state index is 11.6. The molecule has 4 nitrogen and oxygen atoms in total. The molecule has 0 bridgehead atoms. The van der Waals surface area contributed by atoms with E-state index in [1.807, 2.05) is 24.5 Å². The Kier molecular flexibility index (Phi) is 2.81. The van der Waals surface area contributed by atoms with Gasteiger partial charge < -0.3 is 9.88 Å². The van der Waals surface area contributed by atoms with Crippen molar-refractivity contribution in [3.63, 3.8) is 0 Å². The first kappa shape index (κ1) is 10.9. The van der Waals surface area contributed by atoms with Crippen molar-refractivity contribution in [1.82, 2.24) is 9.88 Å². The third-order valence-electron chi connectivity index (χ3n) is 2.98. The smallest absolute Gasteiger partial charge is 0.240 e. The zero-order valence-corrected chi connectivity index (χ0v) is 9.62. The van der Waals surface area contributed by atoms with Crippen LogP contribution in [0.5, 0.6) is 0 Å². The molecule has 4 heteroatoms. The van der Waals surface area contributed by atoms with Crippen molar-refractivity contribution in [2.24, 2.45) is 0 Å². The van der Waals surface area contributed by atoms with Gasteiger partial charge in [0.15, 0.2) is 6.29 Å². The second kappa shape index (κ2) is 4.12. The fourth-order valence-corrected chi connectivity index (χ4v) is 1.83. The van der Waals surface area contributed by atoms with Crippen LogP contribution in [0.4, 0.5) is 0 Å². The maximum Gasteiger partial charge on any atom is 0.240 e. The highest BCUT2D eigenvalue weighted by molar-refractivity contribution is 5.79. The van der Waals surface area contributed by atoms with Crippen LogP contribution in [-0.4, -0.2) is 22.8 Å². The van der Waals surface area contributed by atoms with Crippen molar-refractivity contribution < 1.29 is 9.59 Å². The summed E-state index contributed by atoms with van der Waals surface area (Å²) in [5.41, 5.74) is 2.47. The Morgan fingerprint density at radius 3 is 2.75 bits per heavy atom. The number of aromatic nitrogens is 1. The van der Waals surface area contributed by atoms with E-state index in [-0.39, 0.29) is 5.91 Å². The van der Waals surface area contributed by atoms with E-state index in [4.69, 9.17) is 0 Å². The van der Waals surface area contributed by atoms with E-state index in [2.05, 4.69) is 5.32 Å². The molecule has 0 aromatic carbocycles. The number of hydrogen-bond acceptors (Lipinski definition) is 2. The molecular formula is C12H16N2O2. The van der Waals surface area contributed by atoms with Crippen LogP contribution < -0.4 is 5.32 Å². The van der Waals surface area contributed by atoms with Crippen LogP contribution in [-0.2, 0) is 11.3 Å². The van der Waals surface area contributed by atoms with Gasteiger partial charge >= 0.3 is 0 Å². The van der Waals surface area contributed by atoms with E-state index in [1.54, 1.807) is 0 Å². The molecule has 16 heavy (non-hydrogen) atoms. The third kappa shape index (κ3) is 2.15. The van der Waals surface area contributed by atoms with Crippen LogP contribution in [0.1, 0.15) is 34.6 Å². The van der Waals surface area contributed by atoms with Crippen molar-refractivity contribution in [3.05, 3.63) is 23.0 Å². The average Bonchev–Trinajstić information content (AvgIpc) is 3.00. The largest absolute Gasteiger partial charge is 0.352 e. The summed E-state index contributed by atoms with van der Waals surface area (Å²) in [7, 11) is 0. The molecule has 1 saturated carbocycles. The molecular weight excluding hydrogens is 204 g/mol. The second-order valence-electron chi connectivity index (χ2n) is 4.37. The van der Waals surface area contributed by atoms with Crippen molar-refractivity contribution in [3.8, 4) is 0 Å². The number of aldehydes is 1. The highest BCUT2D eigenvalue weighted by Gasteiger charge is 2.23. The van der Waals surface area contributed by atoms with Crippen molar-refractivity contribution in [2.45, 2.75) is 39.3 Å². The summed E-state index contributed by atoms with van der Waals surface area (Å²) >= 11 is 0. The van der Waals surface area contributed by atoms with Gasteiger partial charge in [-0.3, -0.25) is 9.59 Å². The quantitative estimate of drug-likeness (QED) is 0.775. The van der Waals surface area contributed by atoms with Gasteiger partial charge in [-0.25, -0.2) is 0 Å². The van der Waals surface area contributed by atoms with Crippen molar-refractivity contribution in [1.29, 1.82) is 0 Å². The lowest BCUT2D eigenvalue weighted by Gasteiger charge is -2.09. The van der Waals surface area contributed by atoms with Crippen LogP contribution in [0.2, 0.25) is 0 Å². The Morgan fingerprint density at radius 1 is 1.56 bits per heavy atom. The average molecular weight is 220 g/mol. The van der Waals surface area contributed by atoms with E-state index in [0.717, 1.165) is 30.5 Å². The maximum atomic E-state index is 11.6. The molecule has 1 aliphatic carbocycles. The lowest BCUT2D eigenvalue weighted by Crippen LogP contribution is -2.29. The Labute approximate surface area is 94.6 Å². The normalized spacial score (nSPS) is 14.9. The molecule has 1 aromatic heterocycles. The fourth-order valence-electron chi connectivity index (χ4n) is 1.83. The fraction of sp³-hybridized carbons (Fsp3) is 0.500. The first-order valence-electron chi connectivity index (χ1n) is 5.53. The SMILES string of the molecule is Cc1cc(C=O)c(C)n1CC(=O)NC1CC1. The van der Waals surface area contributed by atoms with Crippen LogP contribution in [0.25, 0.3) is 0 Å². The van der Waals surface area contributed by atoms with Gasteiger partial charge in [-0.15, -0.1) is 0 Å². The topological polar surface area (TPSA) is 51.1 Å². The first-order valence-corrected chi connectivity index (χ1v) is 5.53. The Balaban J connectivity index is 2.10. The summed E-state index contributed by atoms with van der Waals surface area (Å²) in [6, 6.07) is 2.20. The monoisotopic (exact) mass is 220 g/mol. The summed E-state index contributed by atoms with van der Waals surface area (Å²) < 4.78 is 1.88. The molecule has 0 saturated heterocycles. The van der Waals surface area contributed by atoms with Crippen molar-refractivity contribution in [2.75, 3.05) is 0 Å². The number of hydrogen-bond donors (Lipinski definition) is 1. The predicted molar refractivity (Wildman–Crippen MR) is 60.5 cm³/mol.